The van der Waals surface area contributed by atoms with Gasteiger partial charge in [-0.05, 0) is 43.0 Å². The third-order valence-electron chi connectivity index (χ3n) is 7.29. The fourth-order valence-electron chi connectivity index (χ4n) is 5.43. The van der Waals surface area contributed by atoms with Crippen LogP contribution in [0.5, 0.6) is 11.5 Å². The van der Waals surface area contributed by atoms with Gasteiger partial charge in [-0.2, -0.15) is 0 Å². The summed E-state index contributed by atoms with van der Waals surface area (Å²) < 4.78 is 20.0. The molecule has 2 aliphatic rings. The molecule has 2 aliphatic heterocycles. The summed E-state index contributed by atoms with van der Waals surface area (Å²) in [7, 11) is 3.16. The smallest absolute Gasteiger partial charge is 0.303 e. The summed E-state index contributed by atoms with van der Waals surface area (Å²) in [6, 6.07) is 11.2. The van der Waals surface area contributed by atoms with Crippen molar-refractivity contribution in [2.45, 2.75) is 37.9 Å². The second-order valence-electron chi connectivity index (χ2n) is 9.58. The van der Waals surface area contributed by atoms with E-state index in [4.69, 9.17) is 30.9 Å². The first-order chi connectivity index (χ1) is 18.4. The van der Waals surface area contributed by atoms with Crippen LogP contribution in [0.15, 0.2) is 48.8 Å². The van der Waals surface area contributed by atoms with Crippen molar-refractivity contribution < 1.29 is 28.9 Å². The molecule has 0 aliphatic carbocycles. The van der Waals surface area contributed by atoms with Crippen LogP contribution < -0.4 is 9.47 Å². The summed E-state index contributed by atoms with van der Waals surface area (Å²) in [6.45, 7) is 1.07. The van der Waals surface area contributed by atoms with Gasteiger partial charge in [-0.25, -0.2) is 4.98 Å². The highest BCUT2D eigenvalue weighted by atomic mass is 35.5. The number of nitrogens with zero attached hydrogens (tertiary/aromatic N) is 3. The van der Waals surface area contributed by atoms with E-state index in [1.165, 1.54) is 0 Å². The van der Waals surface area contributed by atoms with Crippen molar-refractivity contribution in [3.05, 3.63) is 70.6 Å². The van der Waals surface area contributed by atoms with Gasteiger partial charge in [0, 0.05) is 43.0 Å². The Bertz CT molecular complexity index is 1330. The summed E-state index contributed by atoms with van der Waals surface area (Å²) in [5.41, 5.74) is 2.28. The van der Waals surface area contributed by atoms with Crippen molar-refractivity contribution in [3.8, 4) is 17.3 Å². The number of carboxylic acids is 1. The first kappa shape index (κ1) is 26.1. The molecule has 4 heterocycles. The molecule has 1 aromatic carbocycles. The lowest BCUT2D eigenvalue weighted by Gasteiger charge is -2.32. The molecule has 1 N–H and O–H groups in total. The van der Waals surface area contributed by atoms with Crippen molar-refractivity contribution >= 4 is 23.5 Å². The number of rotatable bonds is 7. The molecule has 38 heavy (non-hydrogen) atoms. The number of para-hydroxylation sites is 1. The molecule has 10 heteroatoms. The maximum absolute atomic E-state index is 13.5. The van der Waals surface area contributed by atoms with E-state index in [-0.39, 0.29) is 24.7 Å². The quantitative estimate of drug-likeness (QED) is 0.459. The lowest BCUT2D eigenvalue weighted by Crippen LogP contribution is -2.39. The van der Waals surface area contributed by atoms with Crippen LogP contribution in [0.4, 0.5) is 0 Å². The Labute approximate surface area is 225 Å². The molecule has 1 fully saturated rings. The van der Waals surface area contributed by atoms with Gasteiger partial charge in [-0.15, -0.1) is 0 Å². The maximum Gasteiger partial charge on any atom is 0.303 e. The predicted octanol–water partition coefficient (Wildman–Crippen LogP) is 4.81. The molecule has 0 saturated carbocycles. The summed E-state index contributed by atoms with van der Waals surface area (Å²) in [4.78, 5) is 31.0. The Morgan fingerprint density at radius 2 is 1.89 bits per heavy atom. The molecule has 2 unspecified atom stereocenters. The number of fused-ring (bicyclic) bond motifs is 3. The third-order valence-corrected chi connectivity index (χ3v) is 7.50. The summed E-state index contributed by atoms with van der Waals surface area (Å²) in [5.74, 6) is 1.01. The number of hydrogen-bond donors (Lipinski definition) is 1. The average molecular weight is 540 g/mol. The first-order valence-corrected chi connectivity index (χ1v) is 13.0. The number of amides is 1. The predicted molar refractivity (Wildman–Crippen MR) is 140 cm³/mol. The van der Waals surface area contributed by atoms with Crippen LogP contribution in [-0.4, -0.2) is 58.7 Å². The number of carboxylic acid groups (broad SMARTS) is 1. The average Bonchev–Trinajstić information content (AvgIpc) is 3.36. The lowest BCUT2D eigenvalue weighted by atomic mass is 9.93. The SMILES string of the molecule is COc1cccc(C2OC(CC(=O)N3CCC(CC(=O)O)CC3)c3cccn3-c3ncc(Cl)cc32)c1OC. The molecule has 200 valence electrons. The summed E-state index contributed by atoms with van der Waals surface area (Å²) >= 11 is 6.40. The van der Waals surface area contributed by atoms with Crippen molar-refractivity contribution in [1.82, 2.24) is 14.5 Å². The van der Waals surface area contributed by atoms with Crippen LogP contribution in [0.3, 0.4) is 0 Å². The number of likely N-dealkylation sites (tertiary alicyclic amines) is 1. The fraction of sp³-hybridized carbons (Fsp3) is 0.393. The van der Waals surface area contributed by atoms with Gasteiger partial charge in [-0.3, -0.25) is 9.59 Å². The number of ether oxygens (including phenoxy) is 3. The van der Waals surface area contributed by atoms with Crippen LogP contribution in [-0.2, 0) is 14.3 Å². The molecule has 9 nitrogen and oxygen atoms in total. The zero-order valence-corrected chi connectivity index (χ0v) is 22.1. The minimum Gasteiger partial charge on any atom is -0.493 e. The van der Waals surface area contributed by atoms with Gasteiger partial charge >= 0.3 is 5.97 Å². The summed E-state index contributed by atoms with van der Waals surface area (Å²) in [5, 5.41) is 9.57. The van der Waals surface area contributed by atoms with E-state index >= 15 is 0 Å². The van der Waals surface area contributed by atoms with E-state index < -0.39 is 18.2 Å². The van der Waals surface area contributed by atoms with Gasteiger partial charge in [-0.1, -0.05) is 23.7 Å². The van der Waals surface area contributed by atoms with Crippen LogP contribution >= 0.6 is 11.6 Å². The molecule has 1 saturated heterocycles. The highest BCUT2D eigenvalue weighted by molar-refractivity contribution is 6.30. The number of carbonyl (C=O) groups is 2. The minimum atomic E-state index is -0.797. The van der Waals surface area contributed by atoms with E-state index in [9.17, 15) is 9.59 Å². The highest BCUT2D eigenvalue weighted by Crippen LogP contribution is 2.46. The van der Waals surface area contributed by atoms with Crippen molar-refractivity contribution in [2.75, 3.05) is 27.3 Å². The summed E-state index contributed by atoms with van der Waals surface area (Å²) in [6.07, 6.45) is 3.89. The van der Waals surface area contributed by atoms with E-state index in [0.717, 1.165) is 16.8 Å². The van der Waals surface area contributed by atoms with Crippen LogP contribution in [0, 0.1) is 5.92 Å². The molecular formula is C28H30ClN3O6. The number of methoxy groups -OCH3 is 2. The Morgan fingerprint density at radius 3 is 2.61 bits per heavy atom. The van der Waals surface area contributed by atoms with Gasteiger partial charge in [0.25, 0.3) is 0 Å². The van der Waals surface area contributed by atoms with Crippen LogP contribution in [0.25, 0.3) is 5.82 Å². The van der Waals surface area contributed by atoms with Crippen LogP contribution in [0.2, 0.25) is 5.02 Å². The second kappa shape index (κ2) is 11.0. The zero-order chi connectivity index (χ0) is 26.8. The minimum absolute atomic E-state index is 0.0372. The number of aromatic nitrogens is 2. The van der Waals surface area contributed by atoms with Crippen molar-refractivity contribution in [3.63, 3.8) is 0 Å². The molecule has 0 bridgehead atoms. The Balaban J connectivity index is 1.49. The Kier molecular flexibility index (Phi) is 7.58. The third kappa shape index (κ3) is 5.08. The fourth-order valence-corrected chi connectivity index (χ4v) is 5.60. The van der Waals surface area contributed by atoms with Gasteiger partial charge < -0.3 is 28.8 Å². The first-order valence-electron chi connectivity index (χ1n) is 12.6. The number of carbonyl (C=O) groups excluding carboxylic acids is 1. The van der Waals surface area contributed by atoms with Gasteiger partial charge in [0.15, 0.2) is 11.5 Å². The van der Waals surface area contributed by atoms with E-state index in [1.807, 2.05) is 52.1 Å². The molecule has 5 rings (SSSR count). The van der Waals surface area contributed by atoms with Crippen LogP contribution in [0.1, 0.15) is 54.7 Å². The zero-order valence-electron chi connectivity index (χ0n) is 21.3. The monoisotopic (exact) mass is 539 g/mol. The van der Waals surface area contributed by atoms with E-state index in [1.54, 1.807) is 20.4 Å². The second-order valence-corrected chi connectivity index (χ2v) is 10.0. The Hall–Kier alpha value is -3.56. The maximum atomic E-state index is 13.5. The molecule has 3 aromatic rings. The molecule has 2 atom stereocenters. The molecule has 1 amide bonds. The molecule has 0 radical (unpaired) electrons. The number of hydrogen-bond acceptors (Lipinski definition) is 6. The van der Waals surface area contributed by atoms with E-state index in [2.05, 4.69) is 4.98 Å². The van der Waals surface area contributed by atoms with Crippen molar-refractivity contribution in [1.29, 1.82) is 0 Å². The number of pyridine rings is 1. The number of halogens is 1. The standard InChI is InChI=1S/C28H30ClN3O6/c1-36-22-7-3-5-19(27(22)37-2)26-20-14-18(29)16-30-28(20)32-10-4-6-21(32)23(38-26)15-24(33)31-11-8-17(9-12-31)13-25(34)35/h3-7,10,14,16-17,23,26H,8-9,11-13,15H2,1-2H3,(H,34,35). The molecular weight excluding hydrogens is 510 g/mol. The molecule has 0 spiro atoms. The largest absolute Gasteiger partial charge is 0.493 e. The normalized spacial score (nSPS) is 19.3. The van der Waals surface area contributed by atoms with Crippen molar-refractivity contribution in [2.24, 2.45) is 5.92 Å². The topological polar surface area (TPSA) is 103 Å². The number of piperidine rings is 1. The Morgan fingerprint density at radius 1 is 1.11 bits per heavy atom. The van der Waals surface area contributed by atoms with E-state index in [0.29, 0.717) is 48.3 Å². The van der Waals surface area contributed by atoms with Gasteiger partial charge in [0.05, 0.1) is 31.4 Å². The van der Waals surface area contributed by atoms with Gasteiger partial charge in [0.2, 0.25) is 5.91 Å². The molecule has 2 aromatic heterocycles. The number of aliphatic carboxylic acids is 1. The lowest BCUT2D eigenvalue weighted by molar-refractivity contribution is -0.139. The number of benzene rings is 1. The highest BCUT2D eigenvalue weighted by Gasteiger charge is 2.36. The van der Waals surface area contributed by atoms with Gasteiger partial charge in [0.1, 0.15) is 18.0 Å².